The first kappa shape index (κ1) is 12.8. The summed E-state index contributed by atoms with van der Waals surface area (Å²) < 4.78 is 13.4. The molecule has 2 heterocycles. The van der Waals surface area contributed by atoms with Gasteiger partial charge in [0.2, 0.25) is 0 Å². The zero-order chi connectivity index (χ0) is 14.1. The molecule has 1 aromatic heterocycles. The van der Waals surface area contributed by atoms with Crippen molar-refractivity contribution in [2.75, 3.05) is 18.0 Å². The maximum Gasteiger partial charge on any atom is 0.306 e. The van der Waals surface area contributed by atoms with E-state index in [4.69, 9.17) is 5.11 Å². The molecule has 4 nitrogen and oxygen atoms in total. The molecule has 1 aliphatic rings. The van der Waals surface area contributed by atoms with Crippen LogP contribution in [-0.2, 0) is 4.79 Å². The highest BCUT2D eigenvalue weighted by Gasteiger charge is 2.25. The Morgan fingerprint density at radius 3 is 2.75 bits per heavy atom. The molecule has 0 amide bonds. The van der Waals surface area contributed by atoms with Crippen molar-refractivity contribution in [2.24, 2.45) is 5.92 Å². The van der Waals surface area contributed by atoms with Gasteiger partial charge < -0.3 is 10.0 Å². The highest BCUT2D eigenvalue weighted by atomic mass is 19.1. The number of halogens is 1. The number of hydrogen-bond acceptors (Lipinski definition) is 3. The fourth-order valence-corrected chi connectivity index (χ4v) is 2.72. The first-order chi connectivity index (χ1) is 9.65. The molecular weight excluding hydrogens is 259 g/mol. The van der Waals surface area contributed by atoms with Crippen LogP contribution in [0.1, 0.15) is 12.8 Å². The number of aromatic nitrogens is 1. The summed E-state index contributed by atoms with van der Waals surface area (Å²) in [7, 11) is 0. The number of hydrogen-bond donors (Lipinski definition) is 1. The zero-order valence-electron chi connectivity index (χ0n) is 10.9. The third-order valence-corrected chi connectivity index (χ3v) is 3.85. The molecule has 1 saturated heterocycles. The van der Waals surface area contributed by atoms with Gasteiger partial charge in [-0.2, -0.15) is 0 Å². The number of pyridine rings is 1. The number of fused-ring (bicyclic) bond motifs is 1. The van der Waals surface area contributed by atoms with Crippen molar-refractivity contribution in [3.63, 3.8) is 0 Å². The summed E-state index contributed by atoms with van der Waals surface area (Å²) in [6, 6.07) is 6.51. The molecule has 1 fully saturated rings. The van der Waals surface area contributed by atoms with E-state index < -0.39 is 5.97 Å². The first-order valence-electron chi connectivity index (χ1n) is 6.67. The number of aliphatic carboxylic acids is 1. The largest absolute Gasteiger partial charge is 0.481 e. The molecule has 1 aromatic carbocycles. The average Bonchev–Trinajstić information content (AvgIpc) is 2.46. The van der Waals surface area contributed by atoms with Gasteiger partial charge in [-0.3, -0.25) is 4.79 Å². The second-order valence-corrected chi connectivity index (χ2v) is 5.10. The Bertz CT molecular complexity index is 651. The predicted molar refractivity (Wildman–Crippen MR) is 74.3 cm³/mol. The molecule has 0 spiro atoms. The summed E-state index contributed by atoms with van der Waals surface area (Å²) in [5.74, 6) is -0.558. The monoisotopic (exact) mass is 274 g/mol. The molecule has 1 aliphatic heterocycles. The lowest BCUT2D eigenvalue weighted by molar-refractivity contribution is -0.142. The van der Waals surface area contributed by atoms with Gasteiger partial charge in [0.05, 0.1) is 5.92 Å². The van der Waals surface area contributed by atoms with Crippen molar-refractivity contribution < 1.29 is 14.3 Å². The van der Waals surface area contributed by atoms with Crippen LogP contribution in [0.5, 0.6) is 0 Å². The molecule has 0 radical (unpaired) electrons. The standard InChI is InChI=1S/C15H15FN2O2/c16-12-2-1-10-3-6-17-14(13(10)9-12)18-7-4-11(5-8-18)15(19)20/h1-3,6,9,11H,4-5,7-8H2,(H,19,20). The lowest BCUT2D eigenvalue weighted by Gasteiger charge is -2.31. The van der Waals surface area contributed by atoms with Crippen LogP contribution >= 0.6 is 0 Å². The van der Waals surface area contributed by atoms with Crippen LogP contribution in [0.3, 0.4) is 0 Å². The third kappa shape index (κ3) is 2.31. The van der Waals surface area contributed by atoms with Gasteiger partial charge in [-0.1, -0.05) is 6.07 Å². The van der Waals surface area contributed by atoms with E-state index in [1.807, 2.05) is 11.0 Å². The van der Waals surface area contributed by atoms with Crippen LogP contribution in [0.25, 0.3) is 10.8 Å². The Labute approximate surface area is 115 Å². The lowest BCUT2D eigenvalue weighted by Crippen LogP contribution is -2.36. The summed E-state index contributed by atoms with van der Waals surface area (Å²) in [5, 5.41) is 10.7. The molecule has 0 bridgehead atoms. The van der Waals surface area contributed by atoms with Gasteiger partial charge in [0, 0.05) is 24.7 Å². The molecule has 2 aromatic rings. The van der Waals surface area contributed by atoms with E-state index in [-0.39, 0.29) is 11.7 Å². The lowest BCUT2D eigenvalue weighted by atomic mass is 9.97. The van der Waals surface area contributed by atoms with Crippen molar-refractivity contribution in [3.05, 3.63) is 36.3 Å². The molecule has 0 unspecified atom stereocenters. The number of nitrogens with zero attached hydrogens (tertiary/aromatic N) is 2. The second-order valence-electron chi connectivity index (χ2n) is 5.10. The van der Waals surface area contributed by atoms with Crippen LogP contribution in [0.2, 0.25) is 0 Å². The smallest absolute Gasteiger partial charge is 0.306 e. The molecule has 0 atom stereocenters. The van der Waals surface area contributed by atoms with Gasteiger partial charge in [-0.05, 0) is 36.4 Å². The van der Waals surface area contributed by atoms with Gasteiger partial charge in [-0.25, -0.2) is 9.37 Å². The SMILES string of the molecule is O=C(O)C1CCN(c2nccc3ccc(F)cc23)CC1. The van der Waals surface area contributed by atoms with E-state index in [2.05, 4.69) is 4.98 Å². The minimum Gasteiger partial charge on any atom is -0.481 e. The number of benzene rings is 1. The van der Waals surface area contributed by atoms with Gasteiger partial charge in [-0.15, -0.1) is 0 Å². The second kappa shape index (κ2) is 5.07. The molecule has 5 heteroatoms. The first-order valence-corrected chi connectivity index (χ1v) is 6.67. The van der Waals surface area contributed by atoms with E-state index >= 15 is 0 Å². The fraction of sp³-hybridized carbons (Fsp3) is 0.333. The van der Waals surface area contributed by atoms with Gasteiger partial charge in [0.15, 0.2) is 0 Å². The minimum absolute atomic E-state index is 0.280. The Morgan fingerprint density at radius 2 is 2.05 bits per heavy atom. The number of anilines is 1. The summed E-state index contributed by atoms with van der Waals surface area (Å²) >= 11 is 0. The summed E-state index contributed by atoms with van der Waals surface area (Å²) in [5.41, 5.74) is 0. The number of carboxylic acids is 1. The fourth-order valence-electron chi connectivity index (χ4n) is 2.72. The van der Waals surface area contributed by atoms with Gasteiger partial charge in [0.25, 0.3) is 0 Å². The summed E-state index contributed by atoms with van der Waals surface area (Å²) in [4.78, 5) is 17.4. The molecular formula is C15H15FN2O2. The van der Waals surface area contributed by atoms with Crippen molar-refractivity contribution in [1.29, 1.82) is 0 Å². The molecule has 20 heavy (non-hydrogen) atoms. The van der Waals surface area contributed by atoms with E-state index in [1.54, 1.807) is 12.3 Å². The normalized spacial score (nSPS) is 16.6. The highest BCUT2D eigenvalue weighted by Crippen LogP contribution is 2.28. The van der Waals surface area contributed by atoms with Crippen LogP contribution in [0, 0.1) is 11.7 Å². The highest BCUT2D eigenvalue weighted by molar-refractivity contribution is 5.92. The molecule has 0 saturated carbocycles. The quantitative estimate of drug-likeness (QED) is 0.914. The van der Waals surface area contributed by atoms with E-state index in [0.717, 1.165) is 16.6 Å². The van der Waals surface area contributed by atoms with Crippen molar-refractivity contribution in [1.82, 2.24) is 4.98 Å². The Balaban J connectivity index is 1.91. The maximum absolute atomic E-state index is 13.4. The minimum atomic E-state index is -0.735. The number of carboxylic acid groups (broad SMARTS) is 1. The topological polar surface area (TPSA) is 53.4 Å². The van der Waals surface area contributed by atoms with Crippen LogP contribution < -0.4 is 4.90 Å². The van der Waals surface area contributed by atoms with Crippen LogP contribution in [-0.4, -0.2) is 29.1 Å². The number of rotatable bonds is 2. The average molecular weight is 274 g/mol. The van der Waals surface area contributed by atoms with Crippen LogP contribution in [0.15, 0.2) is 30.5 Å². The van der Waals surface area contributed by atoms with E-state index in [9.17, 15) is 9.18 Å². The predicted octanol–water partition coefficient (Wildman–Crippen LogP) is 2.67. The molecule has 0 aliphatic carbocycles. The van der Waals surface area contributed by atoms with Crippen molar-refractivity contribution >= 4 is 22.6 Å². The number of carbonyl (C=O) groups is 1. The Hall–Kier alpha value is -2.17. The molecule has 3 rings (SSSR count). The van der Waals surface area contributed by atoms with Crippen molar-refractivity contribution in [3.8, 4) is 0 Å². The van der Waals surface area contributed by atoms with Crippen LogP contribution in [0.4, 0.5) is 10.2 Å². The Morgan fingerprint density at radius 1 is 1.30 bits per heavy atom. The van der Waals surface area contributed by atoms with E-state index in [0.29, 0.717) is 25.9 Å². The molecule has 104 valence electrons. The van der Waals surface area contributed by atoms with E-state index in [1.165, 1.54) is 12.1 Å². The maximum atomic E-state index is 13.4. The molecule has 1 N–H and O–H groups in total. The summed E-state index contributed by atoms with van der Waals surface area (Å²) in [6.45, 7) is 1.28. The third-order valence-electron chi connectivity index (χ3n) is 3.85. The zero-order valence-corrected chi connectivity index (χ0v) is 10.9. The summed E-state index contributed by atoms with van der Waals surface area (Å²) in [6.07, 6.45) is 2.91. The Kier molecular flexibility index (Phi) is 3.26. The van der Waals surface area contributed by atoms with Gasteiger partial charge in [0.1, 0.15) is 11.6 Å². The van der Waals surface area contributed by atoms with Gasteiger partial charge >= 0.3 is 5.97 Å². The number of piperidine rings is 1. The van der Waals surface area contributed by atoms with Crippen molar-refractivity contribution in [2.45, 2.75) is 12.8 Å².